The number of benzene rings is 2. The fraction of sp³-hybridized carbons (Fsp3) is 0.190. The lowest BCUT2D eigenvalue weighted by Gasteiger charge is -2.18. The quantitative estimate of drug-likeness (QED) is 0.554. The van der Waals surface area contributed by atoms with Gasteiger partial charge in [-0.25, -0.2) is 0 Å². The number of fused-ring (bicyclic) bond motifs is 2. The van der Waals surface area contributed by atoms with Crippen molar-refractivity contribution in [3.05, 3.63) is 58.6 Å². The van der Waals surface area contributed by atoms with Gasteiger partial charge in [-0.2, -0.15) is 4.57 Å². The van der Waals surface area contributed by atoms with Crippen LogP contribution in [-0.4, -0.2) is 28.7 Å². The molecule has 4 rings (SSSR count). The molecule has 0 radical (unpaired) electrons. The largest absolute Gasteiger partial charge is 0.481 e. The molecule has 2 aromatic carbocycles. The number of rotatable bonds is 7. The molecular formula is C21H19N2O4S2+. The second-order valence-corrected chi connectivity index (χ2v) is 8.68. The predicted octanol–water partition coefficient (Wildman–Crippen LogP) is 4.05. The summed E-state index contributed by atoms with van der Waals surface area (Å²) in [5, 5.41) is 20.2. The molecule has 0 atom stereocenters. The predicted molar refractivity (Wildman–Crippen MR) is 114 cm³/mol. The molecule has 0 spiro atoms. The molecule has 0 saturated heterocycles. The zero-order valence-electron chi connectivity index (χ0n) is 15.4. The first-order valence-corrected chi connectivity index (χ1v) is 10.8. The third kappa shape index (κ3) is 4.13. The van der Waals surface area contributed by atoms with E-state index in [0.29, 0.717) is 13.1 Å². The normalized spacial score (nSPS) is 14.5. The number of para-hydroxylation sites is 2. The number of anilines is 1. The summed E-state index contributed by atoms with van der Waals surface area (Å²) in [4.78, 5) is 25.4. The smallest absolute Gasteiger partial charge is 0.309 e. The van der Waals surface area contributed by atoms with E-state index >= 15 is 0 Å². The van der Waals surface area contributed by atoms with E-state index in [2.05, 4.69) is 0 Å². The standard InChI is InChI=1S/C21H18N2O4S2/c24-20(25)9-11-22-14-5-1-3-7-16(14)28-18(22)13-19-23(12-10-21(26)27)15-6-2-4-8-17(15)29-19/h1-8,13H,9-12H2,(H-,24,25,26,27)/p+1. The molecular weight excluding hydrogens is 408 g/mol. The van der Waals surface area contributed by atoms with Gasteiger partial charge in [-0.05, 0) is 18.2 Å². The number of thiazole rings is 1. The lowest BCUT2D eigenvalue weighted by molar-refractivity contribution is -0.667. The maximum Gasteiger partial charge on any atom is 0.309 e. The second-order valence-electron chi connectivity index (χ2n) is 6.55. The number of carboxylic acid groups (broad SMARTS) is 2. The summed E-state index contributed by atoms with van der Waals surface area (Å²) >= 11 is 3.21. The molecule has 0 unspecified atom stereocenters. The Balaban J connectivity index is 1.76. The van der Waals surface area contributed by atoms with Crippen LogP contribution in [0.25, 0.3) is 16.3 Å². The lowest BCUT2D eigenvalue weighted by Crippen LogP contribution is -2.36. The molecule has 148 valence electrons. The van der Waals surface area contributed by atoms with Crippen LogP contribution in [0.1, 0.15) is 17.8 Å². The van der Waals surface area contributed by atoms with Crippen molar-refractivity contribution in [1.82, 2.24) is 0 Å². The Morgan fingerprint density at radius 2 is 1.72 bits per heavy atom. The van der Waals surface area contributed by atoms with E-state index < -0.39 is 11.9 Å². The first-order chi connectivity index (χ1) is 14.0. The number of aliphatic carboxylic acids is 2. The highest BCUT2D eigenvalue weighted by molar-refractivity contribution is 8.03. The van der Waals surface area contributed by atoms with Crippen molar-refractivity contribution < 1.29 is 24.4 Å². The summed E-state index contributed by atoms with van der Waals surface area (Å²) in [7, 11) is 0. The van der Waals surface area contributed by atoms with Crippen molar-refractivity contribution in [2.45, 2.75) is 24.3 Å². The third-order valence-corrected chi connectivity index (χ3v) is 6.84. The number of aryl methyl sites for hydroxylation is 1. The Labute approximate surface area is 175 Å². The number of thioether (sulfide) groups is 1. The topological polar surface area (TPSA) is 81.7 Å². The van der Waals surface area contributed by atoms with Gasteiger partial charge in [0.05, 0.1) is 23.2 Å². The van der Waals surface area contributed by atoms with Gasteiger partial charge in [0.15, 0.2) is 6.54 Å². The molecule has 0 aliphatic carbocycles. The summed E-state index contributed by atoms with van der Waals surface area (Å²) < 4.78 is 3.11. The number of nitrogens with zero attached hydrogens (tertiary/aromatic N) is 2. The van der Waals surface area contributed by atoms with Crippen LogP contribution in [0, 0.1) is 0 Å². The van der Waals surface area contributed by atoms with Crippen molar-refractivity contribution in [1.29, 1.82) is 0 Å². The summed E-state index contributed by atoms with van der Waals surface area (Å²) in [6.07, 6.45) is 2.12. The highest BCUT2D eigenvalue weighted by Crippen LogP contribution is 2.46. The molecule has 2 heterocycles. The molecule has 1 aliphatic heterocycles. The number of aromatic nitrogens is 1. The number of hydrogen-bond donors (Lipinski definition) is 2. The van der Waals surface area contributed by atoms with Gasteiger partial charge in [-0.15, -0.1) is 0 Å². The fourth-order valence-corrected chi connectivity index (χ4v) is 5.63. The number of carbonyl (C=O) groups is 2. The van der Waals surface area contributed by atoms with E-state index in [1.54, 1.807) is 23.1 Å². The van der Waals surface area contributed by atoms with Crippen LogP contribution in [0.3, 0.4) is 0 Å². The van der Waals surface area contributed by atoms with Crippen molar-refractivity contribution in [3.63, 3.8) is 0 Å². The molecule has 0 bridgehead atoms. The molecule has 8 heteroatoms. The first kappa shape index (κ1) is 19.5. The fourth-order valence-electron chi connectivity index (χ4n) is 3.30. The molecule has 1 aromatic heterocycles. The zero-order chi connectivity index (χ0) is 20.4. The highest BCUT2D eigenvalue weighted by atomic mass is 32.2. The van der Waals surface area contributed by atoms with Crippen molar-refractivity contribution in [3.8, 4) is 0 Å². The minimum Gasteiger partial charge on any atom is -0.481 e. The Morgan fingerprint density at radius 3 is 2.52 bits per heavy atom. The minimum atomic E-state index is -0.836. The molecule has 2 N–H and O–H groups in total. The van der Waals surface area contributed by atoms with Crippen LogP contribution in [0.4, 0.5) is 5.69 Å². The van der Waals surface area contributed by atoms with Gasteiger partial charge in [0.1, 0.15) is 11.1 Å². The number of hydrogen-bond acceptors (Lipinski definition) is 5. The molecule has 3 aromatic rings. The maximum atomic E-state index is 11.1. The molecule has 29 heavy (non-hydrogen) atoms. The second kappa shape index (κ2) is 8.26. The van der Waals surface area contributed by atoms with E-state index in [1.165, 1.54) is 0 Å². The molecule has 0 amide bonds. The van der Waals surface area contributed by atoms with E-state index in [4.69, 9.17) is 10.2 Å². The Bertz CT molecular complexity index is 1120. The summed E-state index contributed by atoms with van der Waals surface area (Å²) in [5.41, 5.74) is 2.01. The third-order valence-electron chi connectivity index (χ3n) is 4.62. The van der Waals surface area contributed by atoms with Gasteiger partial charge in [0, 0.05) is 17.5 Å². The van der Waals surface area contributed by atoms with Crippen LogP contribution >= 0.6 is 23.1 Å². The average Bonchev–Trinajstić information content (AvgIpc) is 3.22. The van der Waals surface area contributed by atoms with Crippen LogP contribution in [0.15, 0.2) is 58.5 Å². The van der Waals surface area contributed by atoms with Crippen molar-refractivity contribution in [2.24, 2.45) is 0 Å². The van der Waals surface area contributed by atoms with Gasteiger partial charge in [-0.3, -0.25) is 9.59 Å². The van der Waals surface area contributed by atoms with Gasteiger partial charge >= 0.3 is 11.9 Å². The van der Waals surface area contributed by atoms with Gasteiger partial charge in [0.2, 0.25) is 5.52 Å². The van der Waals surface area contributed by atoms with Gasteiger partial charge < -0.3 is 15.1 Å². The highest BCUT2D eigenvalue weighted by Gasteiger charge is 2.28. The monoisotopic (exact) mass is 427 g/mol. The Hall–Kier alpha value is -2.84. The van der Waals surface area contributed by atoms with E-state index in [1.807, 2.05) is 64.1 Å². The van der Waals surface area contributed by atoms with Crippen LogP contribution in [0.2, 0.25) is 0 Å². The Morgan fingerprint density at radius 1 is 1.00 bits per heavy atom. The summed E-state index contributed by atoms with van der Waals surface area (Å²) in [6.45, 7) is 0.760. The van der Waals surface area contributed by atoms with E-state index in [0.717, 1.165) is 30.8 Å². The molecule has 1 aliphatic rings. The van der Waals surface area contributed by atoms with Crippen LogP contribution < -0.4 is 9.47 Å². The first-order valence-electron chi connectivity index (χ1n) is 9.14. The average molecular weight is 428 g/mol. The van der Waals surface area contributed by atoms with E-state index in [9.17, 15) is 9.59 Å². The van der Waals surface area contributed by atoms with Gasteiger partial charge in [-0.1, -0.05) is 47.4 Å². The van der Waals surface area contributed by atoms with Crippen LogP contribution in [-0.2, 0) is 16.1 Å². The van der Waals surface area contributed by atoms with Gasteiger partial charge in [0.25, 0.3) is 5.01 Å². The Kier molecular flexibility index (Phi) is 5.55. The molecule has 0 fully saturated rings. The molecule has 0 saturated carbocycles. The summed E-state index contributed by atoms with van der Waals surface area (Å²) in [5.74, 6) is -1.67. The SMILES string of the molecule is O=C(O)CCN1/C(=C/c2sc3ccccc3[n+]2CCC(=O)O)Sc2ccccc21. The van der Waals surface area contributed by atoms with Crippen molar-refractivity contribution in [2.75, 3.05) is 11.4 Å². The lowest BCUT2D eigenvalue weighted by atomic mass is 10.2. The minimum absolute atomic E-state index is 0.0393. The molecule has 6 nitrogen and oxygen atoms in total. The van der Waals surface area contributed by atoms with Crippen molar-refractivity contribution >= 4 is 57.0 Å². The number of carboxylic acids is 2. The summed E-state index contributed by atoms with van der Waals surface area (Å²) in [6, 6.07) is 15.9. The van der Waals surface area contributed by atoms with Crippen LogP contribution in [0.5, 0.6) is 0 Å². The zero-order valence-corrected chi connectivity index (χ0v) is 17.1. The maximum absolute atomic E-state index is 11.1. The van der Waals surface area contributed by atoms with E-state index in [-0.39, 0.29) is 12.8 Å².